The molecule has 1 unspecified atom stereocenters. The van der Waals surface area contributed by atoms with E-state index < -0.39 is 0 Å². The third-order valence-corrected chi connectivity index (χ3v) is 5.35. The molecule has 3 nitrogen and oxygen atoms in total. The zero-order valence-electron chi connectivity index (χ0n) is 11.6. The number of hydrogen-bond acceptors (Lipinski definition) is 3. The summed E-state index contributed by atoms with van der Waals surface area (Å²) < 4.78 is 2.07. The molecule has 0 amide bonds. The van der Waals surface area contributed by atoms with E-state index >= 15 is 0 Å². The van der Waals surface area contributed by atoms with Gasteiger partial charge >= 0.3 is 0 Å². The fraction of sp³-hybridized carbons (Fsp3) is 0.533. The first-order chi connectivity index (χ1) is 9.24. The molecule has 0 aliphatic heterocycles. The first-order valence-electron chi connectivity index (χ1n) is 7.05. The van der Waals surface area contributed by atoms with E-state index in [-0.39, 0.29) is 0 Å². The van der Waals surface area contributed by atoms with Gasteiger partial charge in [0.2, 0.25) is 0 Å². The molecule has 1 N–H and O–H groups in total. The second kappa shape index (κ2) is 5.47. The molecular weight excluding hydrogens is 254 g/mol. The Balaban J connectivity index is 1.65. The fourth-order valence-corrected chi connectivity index (χ4v) is 3.92. The Morgan fingerprint density at radius 2 is 2.26 bits per heavy atom. The summed E-state index contributed by atoms with van der Waals surface area (Å²) in [4.78, 5) is 7.44. The number of nitrogens with one attached hydrogen (secondary N) is 1. The Bertz CT molecular complexity index is 532. The van der Waals surface area contributed by atoms with Gasteiger partial charge in [-0.05, 0) is 44.2 Å². The summed E-state index contributed by atoms with van der Waals surface area (Å²) in [5.74, 6) is 1.09. The number of hydrogen-bond donors (Lipinski definition) is 1. The van der Waals surface area contributed by atoms with E-state index in [1.54, 1.807) is 10.4 Å². The monoisotopic (exact) mass is 275 g/mol. The van der Waals surface area contributed by atoms with Crippen molar-refractivity contribution in [1.82, 2.24) is 14.9 Å². The van der Waals surface area contributed by atoms with E-state index in [0.29, 0.717) is 6.04 Å². The van der Waals surface area contributed by atoms with Crippen LogP contribution in [-0.4, -0.2) is 9.55 Å². The highest BCUT2D eigenvalue weighted by Gasteiger charge is 2.16. The van der Waals surface area contributed by atoms with Crippen LogP contribution in [-0.2, 0) is 26.4 Å². The predicted octanol–water partition coefficient (Wildman–Crippen LogP) is 3.21. The van der Waals surface area contributed by atoms with Crippen molar-refractivity contribution in [2.75, 3.05) is 0 Å². The van der Waals surface area contributed by atoms with Gasteiger partial charge in [-0.25, -0.2) is 4.98 Å². The normalized spacial score (nSPS) is 16.3. The van der Waals surface area contributed by atoms with Gasteiger partial charge in [-0.15, -0.1) is 11.3 Å². The number of aromatic nitrogens is 2. The van der Waals surface area contributed by atoms with E-state index in [1.165, 1.54) is 30.6 Å². The van der Waals surface area contributed by atoms with Gasteiger partial charge in [0, 0.05) is 35.2 Å². The van der Waals surface area contributed by atoms with Gasteiger partial charge in [-0.1, -0.05) is 0 Å². The maximum Gasteiger partial charge on any atom is 0.122 e. The van der Waals surface area contributed by atoms with Gasteiger partial charge in [-0.2, -0.15) is 0 Å². The molecule has 4 heteroatoms. The van der Waals surface area contributed by atoms with Gasteiger partial charge in [-0.3, -0.25) is 0 Å². The van der Waals surface area contributed by atoms with Crippen LogP contribution < -0.4 is 5.32 Å². The van der Waals surface area contributed by atoms with E-state index in [9.17, 15) is 0 Å². The quantitative estimate of drug-likeness (QED) is 0.928. The van der Waals surface area contributed by atoms with Crippen LogP contribution in [0, 0.1) is 0 Å². The van der Waals surface area contributed by atoms with E-state index in [2.05, 4.69) is 27.9 Å². The van der Waals surface area contributed by atoms with Crippen molar-refractivity contribution in [3.05, 3.63) is 39.6 Å². The van der Waals surface area contributed by atoms with Crippen LogP contribution in [0.2, 0.25) is 0 Å². The summed E-state index contributed by atoms with van der Waals surface area (Å²) in [6.45, 7) is 3.08. The Kier molecular flexibility index (Phi) is 3.71. The second-order valence-electron chi connectivity index (χ2n) is 5.36. The van der Waals surface area contributed by atoms with Gasteiger partial charge < -0.3 is 9.88 Å². The first kappa shape index (κ1) is 12.9. The van der Waals surface area contributed by atoms with E-state index in [1.807, 2.05) is 30.8 Å². The molecular formula is C15H21N3S. The molecule has 1 atom stereocenters. The highest BCUT2D eigenvalue weighted by atomic mass is 32.1. The number of imidazole rings is 1. The summed E-state index contributed by atoms with van der Waals surface area (Å²) in [7, 11) is 2.04. The highest BCUT2D eigenvalue weighted by molar-refractivity contribution is 7.12. The van der Waals surface area contributed by atoms with Crippen LogP contribution in [0.5, 0.6) is 0 Å². The molecule has 2 aromatic heterocycles. The van der Waals surface area contributed by atoms with Crippen LogP contribution in [0.1, 0.15) is 46.9 Å². The molecule has 0 saturated carbocycles. The Morgan fingerprint density at radius 1 is 1.42 bits per heavy atom. The van der Waals surface area contributed by atoms with Gasteiger partial charge in [0.15, 0.2) is 0 Å². The summed E-state index contributed by atoms with van der Waals surface area (Å²) in [6.07, 6.45) is 9.13. The predicted molar refractivity (Wildman–Crippen MR) is 79.4 cm³/mol. The maximum atomic E-state index is 4.35. The molecule has 3 rings (SSSR count). The van der Waals surface area contributed by atoms with Crippen molar-refractivity contribution in [3.8, 4) is 0 Å². The number of rotatable bonds is 4. The lowest BCUT2D eigenvalue weighted by molar-refractivity contribution is 0.555. The molecule has 0 spiro atoms. The first-order valence-corrected chi connectivity index (χ1v) is 7.87. The molecule has 19 heavy (non-hydrogen) atoms. The Morgan fingerprint density at radius 3 is 3.00 bits per heavy atom. The average molecular weight is 275 g/mol. The number of nitrogens with zero attached hydrogens (tertiary/aromatic N) is 2. The molecule has 0 bridgehead atoms. The molecule has 0 fully saturated rings. The molecule has 0 aromatic carbocycles. The lowest BCUT2D eigenvalue weighted by Gasteiger charge is -2.11. The molecule has 2 aromatic rings. The minimum Gasteiger partial charge on any atom is -0.337 e. The molecule has 0 radical (unpaired) electrons. The molecule has 102 valence electrons. The van der Waals surface area contributed by atoms with Crippen molar-refractivity contribution < 1.29 is 0 Å². The molecule has 1 aliphatic carbocycles. The smallest absolute Gasteiger partial charge is 0.122 e. The maximum absolute atomic E-state index is 4.35. The SMILES string of the molecule is CC(NCc1nccn1C)c1cc2c(s1)CCCC2. The van der Waals surface area contributed by atoms with Crippen LogP contribution >= 0.6 is 11.3 Å². The van der Waals surface area contributed by atoms with E-state index in [0.717, 1.165) is 12.4 Å². The Labute approximate surface area is 118 Å². The van der Waals surface area contributed by atoms with Crippen molar-refractivity contribution in [2.24, 2.45) is 7.05 Å². The zero-order chi connectivity index (χ0) is 13.2. The van der Waals surface area contributed by atoms with Gasteiger partial charge in [0.1, 0.15) is 5.82 Å². The zero-order valence-corrected chi connectivity index (χ0v) is 12.5. The minimum atomic E-state index is 0.410. The van der Waals surface area contributed by atoms with Gasteiger partial charge in [0.25, 0.3) is 0 Å². The van der Waals surface area contributed by atoms with Crippen LogP contribution in [0.25, 0.3) is 0 Å². The summed E-state index contributed by atoms with van der Waals surface area (Å²) in [6, 6.07) is 2.82. The van der Waals surface area contributed by atoms with Crippen LogP contribution in [0.3, 0.4) is 0 Å². The lowest BCUT2D eigenvalue weighted by Crippen LogP contribution is -2.19. The third-order valence-electron chi connectivity index (χ3n) is 3.93. The fourth-order valence-electron chi connectivity index (χ4n) is 2.64. The van der Waals surface area contributed by atoms with Crippen molar-refractivity contribution in [3.63, 3.8) is 0 Å². The van der Waals surface area contributed by atoms with Crippen LogP contribution in [0.4, 0.5) is 0 Å². The Hall–Kier alpha value is -1.13. The van der Waals surface area contributed by atoms with Crippen molar-refractivity contribution in [1.29, 1.82) is 0 Å². The number of thiophene rings is 1. The number of aryl methyl sites for hydroxylation is 3. The van der Waals surface area contributed by atoms with Crippen molar-refractivity contribution >= 4 is 11.3 Å². The summed E-state index contributed by atoms with van der Waals surface area (Å²) >= 11 is 2.00. The highest BCUT2D eigenvalue weighted by Crippen LogP contribution is 2.32. The topological polar surface area (TPSA) is 29.9 Å². The second-order valence-corrected chi connectivity index (χ2v) is 6.53. The summed E-state index contributed by atoms with van der Waals surface area (Å²) in [5, 5.41) is 3.58. The largest absolute Gasteiger partial charge is 0.337 e. The van der Waals surface area contributed by atoms with Crippen LogP contribution in [0.15, 0.2) is 18.5 Å². The average Bonchev–Trinajstić information content (AvgIpc) is 3.01. The molecule has 2 heterocycles. The van der Waals surface area contributed by atoms with E-state index in [4.69, 9.17) is 0 Å². The standard InChI is InChI=1S/C15H21N3S/c1-11(17-10-15-16-7-8-18(15)2)14-9-12-5-3-4-6-13(12)19-14/h7-9,11,17H,3-6,10H2,1-2H3. The van der Waals surface area contributed by atoms with Crippen molar-refractivity contribution in [2.45, 2.75) is 45.2 Å². The number of fused-ring (bicyclic) bond motifs is 1. The summed E-state index contributed by atoms with van der Waals surface area (Å²) in [5.41, 5.74) is 1.59. The minimum absolute atomic E-state index is 0.410. The lowest BCUT2D eigenvalue weighted by atomic mass is 9.99. The molecule has 0 saturated heterocycles. The molecule has 1 aliphatic rings. The van der Waals surface area contributed by atoms with Gasteiger partial charge in [0.05, 0.1) is 6.54 Å². The third kappa shape index (κ3) is 2.74.